The van der Waals surface area contributed by atoms with E-state index in [9.17, 15) is 29.4 Å². The predicted octanol–water partition coefficient (Wildman–Crippen LogP) is 5.75. The highest BCUT2D eigenvalue weighted by atomic mass is 16.7. The van der Waals surface area contributed by atoms with E-state index in [0.29, 0.717) is 38.0 Å². The van der Waals surface area contributed by atoms with E-state index in [1.807, 2.05) is 26.8 Å². The fraction of sp³-hybridized carbons (Fsp3) is 0.818. The molecule has 1 aliphatic carbocycles. The number of Topliss-reactive ketones (excluding diaryl/α,β-unsaturated/α-hetero) is 2. The van der Waals surface area contributed by atoms with Crippen LogP contribution in [0.2, 0.25) is 0 Å². The summed E-state index contributed by atoms with van der Waals surface area (Å²) in [6.45, 7) is 13.6. The molecule has 3 fully saturated rings. The molecule has 3 aliphatic heterocycles. The number of aliphatic hydroxyl groups excluding tert-OH is 1. The zero-order valence-corrected chi connectivity index (χ0v) is 35.7. The molecule has 1 saturated carbocycles. The Morgan fingerprint density at radius 2 is 1.59 bits per heavy atom. The van der Waals surface area contributed by atoms with Gasteiger partial charge >= 0.3 is 5.97 Å². The van der Waals surface area contributed by atoms with Crippen molar-refractivity contribution in [2.45, 2.75) is 168 Å². The minimum atomic E-state index is -2.48. The lowest BCUT2D eigenvalue weighted by Gasteiger charge is -2.47. The van der Waals surface area contributed by atoms with Crippen LogP contribution in [0.5, 0.6) is 0 Å². The van der Waals surface area contributed by atoms with Crippen molar-refractivity contribution in [2.75, 3.05) is 27.9 Å². The number of carbonyl (C=O) groups is 4. The van der Waals surface area contributed by atoms with Gasteiger partial charge in [0.1, 0.15) is 24.0 Å². The summed E-state index contributed by atoms with van der Waals surface area (Å²) < 4.78 is 30.1. The Morgan fingerprint density at radius 1 is 0.929 bits per heavy atom. The summed E-state index contributed by atoms with van der Waals surface area (Å²) >= 11 is 0. The standard InChI is InChI=1S/C44H71NO11/c1-11-32-19-25(2)18-26(3)20-37(53-9)40-38(54-10)22-29(6)44(51,56-40)41(48)42(49)45-17-13-12-14-33(45)43(50)55-39(30(7)34(46)24-35(32)47)28(5)21-31-16-15-27(4)36(23-31)52-8/h19,21,26-27,29-34,36-40,46,51H,11-18,20,22-24H2,1-10H3/b25-19+,28-21+/t26-,27+,29+,30+,31-,32+,33-,34-,36+,37-,38-,39+,40+,44+/m0/s1. The Kier molecular flexibility index (Phi) is 16.9. The zero-order chi connectivity index (χ0) is 41.5. The number of ketones is 2. The molecule has 318 valence electrons. The molecule has 0 radical (unpaired) electrons. The highest BCUT2D eigenvalue weighted by molar-refractivity contribution is 6.39. The van der Waals surface area contributed by atoms with Crippen molar-refractivity contribution in [1.29, 1.82) is 0 Å². The van der Waals surface area contributed by atoms with Crippen LogP contribution in [0.3, 0.4) is 0 Å². The number of amides is 1. The molecular weight excluding hydrogens is 718 g/mol. The van der Waals surface area contributed by atoms with E-state index in [2.05, 4.69) is 19.9 Å². The summed E-state index contributed by atoms with van der Waals surface area (Å²) in [7, 11) is 4.81. The quantitative estimate of drug-likeness (QED) is 0.192. The van der Waals surface area contributed by atoms with Gasteiger partial charge < -0.3 is 38.8 Å². The van der Waals surface area contributed by atoms with Crippen molar-refractivity contribution in [3.05, 3.63) is 23.3 Å². The van der Waals surface area contributed by atoms with Crippen LogP contribution in [0.25, 0.3) is 0 Å². The van der Waals surface area contributed by atoms with E-state index in [-0.39, 0.29) is 49.5 Å². The number of rotatable bonds is 6. The second-order valence-electron chi connectivity index (χ2n) is 17.6. The van der Waals surface area contributed by atoms with Gasteiger partial charge in [0.25, 0.3) is 11.7 Å². The molecule has 1 amide bonds. The van der Waals surface area contributed by atoms with E-state index in [1.54, 1.807) is 35.2 Å². The number of ether oxygens (including phenoxy) is 5. The van der Waals surface area contributed by atoms with Gasteiger partial charge in [-0.15, -0.1) is 0 Å². The van der Waals surface area contributed by atoms with Gasteiger partial charge in [-0.3, -0.25) is 14.4 Å². The number of methoxy groups -OCH3 is 3. The number of cyclic esters (lactones) is 1. The van der Waals surface area contributed by atoms with Crippen LogP contribution >= 0.6 is 0 Å². The lowest BCUT2D eigenvalue weighted by Crippen LogP contribution is -2.64. The molecule has 0 aromatic rings. The average Bonchev–Trinajstić information content (AvgIpc) is 3.18. The predicted molar refractivity (Wildman–Crippen MR) is 211 cm³/mol. The number of hydrogen-bond donors (Lipinski definition) is 2. The van der Waals surface area contributed by atoms with Crippen molar-refractivity contribution in [2.24, 2.45) is 35.5 Å². The smallest absolute Gasteiger partial charge is 0.329 e. The SMILES string of the molecule is CC[C@@H]1/C=C(\C)C[C@H](C)C[C@H](OC)[C@H]2O[C@@](O)(C(=O)C(=O)N3CCCC[C@H]3C(=O)O[C@H](/C(C)=C/[C@@H]3CC[C@@H](C)[C@H](OC)C3)[C@H](C)[C@@H](O)CC1=O)[C@H](C)C[C@@H]2OC. The summed E-state index contributed by atoms with van der Waals surface area (Å²) in [6.07, 6.45) is 6.13. The number of allylic oxidation sites excluding steroid dienone is 3. The van der Waals surface area contributed by atoms with E-state index in [4.69, 9.17) is 23.7 Å². The lowest BCUT2D eigenvalue weighted by atomic mass is 9.79. The van der Waals surface area contributed by atoms with E-state index in [1.165, 1.54) is 4.90 Å². The van der Waals surface area contributed by atoms with Crippen molar-refractivity contribution in [1.82, 2.24) is 4.90 Å². The third-order valence-corrected chi connectivity index (χ3v) is 13.3. The van der Waals surface area contributed by atoms with Gasteiger partial charge in [-0.1, -0.05) is 52.3 Å². The van der Waals surface area contributed by atoms with Crippen LogP contribution in [0.4, 0.5) is 0 Å². The van der Waals surface area contributed by atoms with E-state index < -0.39 is 77.8 Å². The first-order valence-electron chi connectivity index (χ1n) is 21.1. The summed E-state index contributed by atoms with van der Waals surface area (Å²) in [4.78, 5) is 57.8. The highest BCUT2D eigenvalue weighted by Crippen LogP contribution is 2.39. The van der Waals surface area contributed by atoms with Crippen LogP contribution < -0.4 is 0 Å². The highest BCUT2D eigenvalue weighted by Gasteiger charge is 2.56. The van der Waals surface area contributed by atoms with Crippen LogP contribution in [0.15, 0.2) is 23.3 Å². The van der Waals surface area contributed by atoms with Gasteiger partial charge in [0, 0.05) is 52.0 Å². The number of carbonyl (C=O) groups excluding carboxylic acids is 4. The molecule has 0 spiro atoms. The largest absolute Gasteiger partial charge is 0.456 e. The van der Waals surface area contributed by atoms with Crippen LogP contribution in [-0.2, 0) is 42.9 Å². The second kappa shape index (κ2) is 20.5. The van der Waals surface area contributed by atoms with Crippen molar-refractivity contribution in [3.63, 3.8) is 0 Å². The van der Waals surface area contributed by atoms with Gasteiger partial charge in [0.15, 0.2) is 0 Å². The summed E-state index contributed by atoms with van der Waals surface area (Å²) in [5.74, 6) is -6.68. The normalized spacial score (nSPS) is 41.6. The molecule has 2 saturated heterocycles. The zero-order valence-electron chi connectivity index (χ0n) is 35.7. The number of aliphatic hydroxyl groups is 2. The number of esters is 1. The topological polar surface area (TPSA) is 158 Å². The molecule has 56 heavy (non-hydrogen) atoms. The monoisotopic (exact) mass is 790 g/mol. The van der Waals surface area contributed by atoms with Crippen LogP contribution in [0, 0.1) is 35.5 Å². The fourth-order valence-corrected chi connectivity index (χ4v) is 9.63. The van der Waals surface area contributed by atoms with Gasteiger partial charge in [-0.25, -0.2) is 4.79 Å². The molecule has 2 bridgehead atoms. The molecule has 4 rings (SSSR count). The number of piperidine rings is 1. The molecule has 4 aliphatic rings. The fourth-order valence-electron chi connectivity index (χ4n) is 9.63. The minimum Gasteiger partial charge on any atom is -0.456 e. The van der Waals surface area contributed by atoms with Crippen LogP contribution in [-0.4, -0.2) is 115 Å². The van der Waals surface area contributed by atoms with Crippen LogP contribution in [0.1, 0.15) is 119 Å². The average molecular weight is 790 g/mol. The van der Waals surface area contributed by atoms with Gasteiger partial charge in [0.2, 0.25) is 5.79 Å². The molecule has 12 heteroatoms. The minimum absolute atomic E-state index is 0.0498. The number of nitrogens with zero attached hydrogens (tertiary/aromatic N) is 1. The van der Waals surface area contributed by atoms with Crippen molar-refractivity contribution < 1.29 is 53.1 Å². The van der Waals surface area contributed by atoms with Crippen molar-refractivity contribution >= 4 is 23.4 Å². The molecule has 0 unspecified atom stereocenters. The Bertz CT molecular complexity index is 1430. The molecule has 0 aromatic carbocycles. The number of fused-ring (bicyclic) bond motifs is 3. The molecule has 14 atom stereocenters. The molecule has 3 heterocycles. The molecule has 12 nitrogen and oxygen atoms in total. The molecular formula is C44H71NO11. The lowest BCUT2D eigenvalue weighted by molar-refractivity contribution is -0.302. The maximum absolute atomic E-state index is 14.3. The molecule has 2 N–H and O–H groups in total. The Morgan fingerprint density at radius 3 is 2.23 bits per heavy atom. The maximum atomic E-state index is 14.3. The third-order valence-electron chi connectivity index (χ3n) is 13.3. The number of hydrogen-bond acceptors (Lipinski definition) is 11. The Hall–Kier alpha value is -2.48. The van der Waals surface area contributed by atoms with Crippen molar-refractivity contribution in [3.8, 4) is 0 Å². The first-order chi connectivity index (χ1) is 26.5. The van der Waals surface area contributed by atoms with Gasteiger partial charge in [0.05, 0.1) is 24.4 Å². The van der Waals surface area contributed by atoms with Gasteiger partial charge in [-0.2, -0.15) is 0 Å². The van der Waals surface area contributed by atoms with E-state index in [0.717, 1.165) is 30.4 Å². The van der Waals surface area contributed by atoms with E-state index >= 15 is 0 Å². The maximum Gasteiger partial charge on any atom is 0.329 e. The summed E-state index contributed by atoms with van der Waals surface area (Å²) in [5, 5.41) is 23.7. The molecule has 0 aromatic heterocycles. The first kappa shape index (κ1) is 46.2. The van der Waals surface area contributed by atoms with Gasteiger partial charge in [-0.05, 0) is 101 Å². The first-order valence-corrected chi connectivity index (χ1v) is 21.1. The second-order valence-corrected chi connectivity index (χ2v) is 17.6. The third kappa shape index (κ3) is 10.8. The summed E-state index contributed by atoms with van der Waals surface area (Å²) in [6, 6.07) is -1.10. The Balaban J connectivity index is 1.76. The summed E-state index contributed by atoms with van der Waals surface area (Å²) in [5.41, 5.74) is 1.76. The Labute approximate surface area is 335 Å².